The number of hydrogen-bond donors (Lipinski definition) is 1. The number of benzene rings is 2. The molecule has 0 spiro atoms. The number of halogens is 3. The van der Waals surface area contributed by atoms with Crippen LogP contribution in [0.15, 0.2) is 44.5 Å². The van der Waals surface area contributed by atoms with E-state index in [-0.39, 0.29) is 23.1 Å². The van der Waals surface area contributed by atoms with Crippen molar-refractivity contribution in [3.63, 3.8) is 0 Å². The second-order valence-corrected chi connectivity index (χ2v) is 7.99. The van der Waals surface area contributed by atoms with Gasteiger partial charge < -0.3 is 14.5 Å². The van der Waals surface area contributed by atoms with E-state index in [2.05, 4.69) is 5.32 Å². The smallest absolute Gasteiger partial charge is 0.206 e. The van der Waals surface area contributed by atoms with E-state index < -0.39 is 26.4 Å². The molecule has 0 amide bonds. The van der Waals surface area contributed by atoms with Gasteiger partial charge in [0.15, 0.2) is 11.3 Å². The minimum atomic E-state index is -4.13. The Labute approximate surface area is 160 Å². The lowest BCUT2D eigenvalue weighted by Gasteiger charge is -2.11. The van der Waals surface area contributed by atoms with Gasteiger partial charge in [-0.05, 0) is 18.2 Å². The average Bonchev–Trinajstić information content (AvgIpc) is 2.98. The summed E-state index contributed by atoms with van der Waals surface area (Å²) in [5.41, 5.74) is 1.33. The number of rotatable bonds is 3. The van der Waals surface area contributed by atoms with Crippen molar-refractivity contribution in [1.29, 1.82) is 0 Å². The zero-order valence-corrected chi connectivity index (χ0v) is 15.8. The highest BCUT2D eigenvalue weighted by Crippen LogP contribution is 2.38. The largest absolute Gasteiger partial charge is 0.493 e. The van der Waals surface area contributed by atoms with Gasteiger partial charge in [-0.25, -0.2) is 17.2 Å². The molecule has 1 N–H and O–H groups in total. The van der Waals surface area contributed by atoms with Crippen LogP contribution in [0.3, 0.4) is 0 Å². The van der Waals surface area contributed by atoms with Gasteiger partial charge in [0.05, 0.1) is 16.9 Å². The third kappa shape index (κ3) is 3.28. The van der Waals surface area contributed by atoms with E-state index in [0.29, 0.717) is 30.0 Å². The van der Waals surface area contributed by atoms with E-state index in [9.17, 15) is 17.2 Å². The molecule has 0 fully saturated rings. The van der Waals surface area contributed by atoms with Crippen molar-refractivity contribution in [2.45, 2.75) is 22.8 Å². The average molecular weight is 416 g/mol. The van der Waals surface area contributed by atoms with E-state index in [1.165, 1.54) is 19.2 Å². The van der Waals surface area contributed by atoms with Crippen molar-refractivity contribution in [2.75, 3.05) is 13.7 Å². The molecule has 9 heteroatoms. The molecular formula is C18H16ClF2NO4S. The van der Waals surface area contributed by atoms with Crippen LogP contribution >= 0.6 is 12.4 Å². The molecule has 2 heterocycles. The summed E-state index contributed by atoms with van der Waals surface area (Å²) >= 11 is 0. The van der Waals surface area contributed by atoms with Crippen molar-refractivity contribution >= 4 is 33.2 Å². The van der Waals surface area contributed by atoms with Crippen molar-refractivity contribution < 1.29 is 26.4 Å². The fourth-order valence-corrected chi connectivity index (χ4v) is 4.52. The van der Waals surface area contributed by atoms with Crippen LogP contribution < -0.4 is 10.1 Å². The zero-order valence-electron chi connectivity index (χ0n) is 14.2. The van der Waals surface area contributed by atoms with Gasteiger partial charge in [0.2, 0.25) is 9.84 Å². The SMILES string of the molecule is COc1cc(S(=O)(=O)c2cc(F)cc(F)c2)cc2c3c(oc12)CCNC3.Cl. The summed E-state index contributed by atoms with van der Waals surface area (Å²) in [4.78, 5) is -0.562. The van der Waals surface area contributed by atoms with Crippen molar-refractivity contribution in [2.24, 2.45) is 0 Å². The van der Waals surface area contributed by atoms with E-state index >= 15 is 0 Å². The number of fused-ring (bicyclic) bond motifs is 3. The minimum absolute atomic E-state index is 0. The number of hydrogen-bond acceptors (Lipinski definition) is 5. The highest BCUT2D eigenvalue weighted by molar-refractivity contribution is 7.91. The Morgan fingerprint density at radius 2 is 1.74 bits per heavy atom. The monoisotopic (exact) mass is 415 g/mol. The van der Waals surface area contributed by atoms with E-state index in [4.69, 9.17) is 9.15 Å². The van der Waals surface area contributed by atoms with Crippen LogP contribution in [-0.4, -0.2) is 22.1 Å². The molecule has 4 rings (SSSR count). The first kappa shape index (κ1) is 19.6. The lowest BCUT2D eigenvalue weighted by atomic mass is 10.1. The predicted molar refractivity (Wildman–Crippen MR) is 97.2 cm³/mol. The van der Waals surface area contributed by atoms with E-state index in [1.807, 2.05) is 0 Å². The number of ether oxygens (including phenoxy) is 1. The number of sulfone groups is 1. The molecule has 3 aromatic rings. The van der Waals surface area contributed by atoms with E-state index in [0.717, 1.165) is 30.0 Å². The molecule has 0 saturated carbocycles. The summed E-state index contributed by atoms with van der Waals surface area (Å²) in [5.74, 6) is -0.876. The molecule has 27 heavy (non-hydrogen) atoms. The highest BCUT2D eigenvalue weighted by atomic mass is 35.5. The summed E-state index contributed by atoms with van der Waals surface area (Å²) in [6.45, 7) is 1.31. The molecule has 0 radical (unpaired) electrons. The van der Waals surface area contributed by atoms with Crippen LogP contribution in [0.1, 0.15) is 11.3 Å². The lowest BCUT2D eigenvalue weighted by molar-refractivity contribution is 0.404. The fourth-order valence-electron chi connectivity index (χ4n) is 3.18. The molecule has 1 aromatic heterocycles. The highest BCUT2D eigenvalue weighted by Gasteiger charge is 2.26. The molecule has 0 atom stereocenters. The summed E-state index contributed by atoms with van der Waals surface area (Å²) in [6.07, 6.45) is 0.685. The standard InChI is InChI=1S/C18H15F2NO4S.ClH/c1-24-17-8-13(26(22,23)12-5-10(19)4-11(20)6-12)7-14-15-9-21-3-2-16(15)25-18(14)17;/h4-8,21H,2-3,9H2,1H3;1H. The van der Waals surface area contributed by atoms with Gasteiger partial charge in [-0.2, -0.15) is 0 Å². The zero-order chi connectivity index (χ0) is 18.5. The predicted octanol–water partition coefficient (Wildman–Crippen LogP) is 3.62. The Morgan fingerprint density at radius 3 is 2.41 bits per heavy atom. The normalized spacial score (nSPS) is 13.9. The second-order valence-electron chi connectivity index (χ2n) is 6.04. The number of methoxy groups -OCH3 is 1. The third-order valence-corrected chi connectivity index (χ3v) is 6.14. The molecule has 1 aliphatic heterocycles. The Hall–Kier alpha value is -2.16. The third-order valence-electron chi connectivity index (χ3n) is 4.42. The van der Waals surface area contributed by atoms with E-state index in [1.54, 1.807) is 0 Å². The quantitative estimate of drug-likeness (QED) is 0.707. The van der Waals surface area contributed by atoms with Crippen LogP contribution in [-0.2, 0) is 22.8 Å². The van der Waals surface area contributed by atoms with Crippen LogP contribution in [0.2, 0.25) is 0 Å². The molecule has 1 aliphatic rings. The molecule has 2 aromatic carbocycles. The Morgan fingerprint density at radius 1 is 1.07 bits per heavy atom. The number of furan rings is 1. The molecule has 144 valence electrons. The summed E-state index contributed by atoms with van der Waals surface area (Å²) < 4.78 is 63.9. The fraction of sp³-hybridized carbons (Fsp3) is 0.222. The molecule has 0 aliphatic carbocycles. The molecule has 0 saturated heterocycles. The van der Waals surface area contributed by atoms with Gasteiger partial charge in [0.25, 0.3) is 0 Å². The lowest BCUT2D eigenvalue weighted by Crippen LogP contribution is -2.22. The van der Waals surface area contributed by atoms with Crippen molar-refractivity contribution in [1.82, 2.24) is 5.32 Å². The van der Waals surface area contributed by atoms with Gasteiger partial charge >= 0.3 is 0 Å². The van der Waals surface area contributed by atoms with Crippen LogP contribution in [0.5, 0.6) is 5.75 Å². The van der Waals surface area contributed by atoms with Crippen LogP contribution in [0.25, 0.3) is 11.0 Å². The molecular weight excluding hydrogens is 400 g/mol. The Bertz CT molecular complexity index is 1110. The Kier molecular flexibility index (Phi) is 5.16. The maximum Gasteiger partial charge on any atom is 0.206 e. The topological polar surface area (TPSA) is 68.5 Å². The summed E-state index contributed by atoms with van der Waals surface area (Å²) in [7, 11) is -2.73. The first-order valence-electron chi connectivity index (χ1n) is 7.94. The first-order chi connectivity index (χ1) is 12.4. The van der Waals surface area contributed by atoms with Crippen LogP contribution in [0.4, 0.5) is 8.78 Å². The minimum Gasteiger partial charge on any atom is -0.493 e. The van der Waals surface area contributed by atoms with Gasteiger partial charge in [0.1, 0.15) is 17.4 Å². The maximum atomic E-state index is 13.5. The first-order valence-corrected chi connectivity index (χ1v) is 9.42. The van der Waals surface area contributed by atoms with Gasteiger partial charge in [-0.1, -0.05) is 0 Å². The van der Waals surface area contributed by atoms with Crippen molar-refractivity contribution in [3.05, 3.63) is 53.3 Å². The molecule has 0 unspecified atom stereocenters. The molecule has 0 bridgehead atoms. The van der Waals surface area contributed by atoms with Gasteiger partial charge in [-0.3, -0.25) is 0 Å². The van der Waals surface area contributed by atoms with Gasteiger partial charge in [-0.15, -0.1) is 12.4 Å². The van der Waals surface area contributed by atoms with Gasteiger partial charge in [0, 0.05) is 42.6 Å². The number of nitrogens with one attached hydrogen (secondary N) is 1. The van der Waals surface area contributed by atoms with Crippen molar-refractivity contribution in [3.8, 4) is 5.75 Å². The summed E-state index contributed by atoms with van der Waals surface area (Å²) in [6, 6.07) is 4.98. The Balaban J connectivity index is 0.00000210. The summed E-state index contributed by atoms with van der Waals surface area (Å²) in [5, 5.41) is 3.83. The molecule has 5 nitrogen and oxygen atoms in total. The maximum absolute atomic E-state index is 13.5. The second kappa shape index (κ2) is 7.10. The van der Waals surface area contributed by atoms with Crippen LogP contribution in [0, 0.1) is 11.6 Å².